The Morgan fingerprint density at radius 3 is 0.933 bits per heavy atom. The standard InChI is InChI=1S/C54H38N2O2P2/c57-59(41-20-5-1-6-21-41,42-22-7-2-8-23-42)45-32-34-53-49(37-45)47-28-13-15-30-51(47)55(53)39-18-17-19-40(36-39)56-52-31-16-14-29-48(52)50-38-46(33-35-54(50)56)60(58,43-24-9-3-10-25-43)44-26-11-4-12-27-44/h1-38H. The Bertz CT molecular complexity index is 3170. The molecule has 0 fully saturated rings. The highest BCUT2D eigenvalue weighted by Crippen LogP contribution is 2.46. The van der Waals surface area contributed by atoms with E-state index in [9.17, 15) is 0 Å². The molecule has 0 radical (unpaired) electrons. The summed E-state index contributed by atoms with van der Waals surface area (Å²) >= 11 is 0. The summed E-state index contributed by atoms with van der Waals surface area (Å²) < 4.78 is 35.6. The van der Waals surface area contributed by atoms with Gasteiger partial charge in [-0.05, 0) is 66.7 Å². The van der Waals surface area contributed by atoms with Crippen molar-refractivity contribution in [3.63, 3.8) is 0 Å². The molecular formula is C54H38N2O2P2. The first kappa shape index (κ1) is 36.1. The second kappa shape index (κ2) is 14.4. The lowest BCUT2D eigenvalue weighted by Gasteiger charge is -2.20. The number of hydrogen-bond acceptors (Lipinski definition) is 2. The van der Waals surface area contributed by atoms with Crippen LogP contribution in [0.25, 0.3) is 55.0 Å². The van der Waals surface area contributed by atoms with Gasteiger partial charge >= 0.3 is 0 Å². The van der Waals surface area contributed by atoms with Crippen LogP contribution in [0, 0.1) is 0 Å². The van der Waals surface area contributed by atoms with Crippen molar-refractivity contribution in [3.8, 4) is 11.4 Å². The molecule has 11 rings (SSSR count). The monoisotopic (exact) mass is 808 g/mol. The first-order valence-electron chi connectivity index (χ1n) is 20.1. The summed E-state index contributed by atoms with van der Waals surface area (Å²) in [6, 6.07) is 77.7. The minimum atomic E-state index is -3.19. The topological polar surface area (TPSA) is 44.0 Å². The van der Waals surface area contributed by atoms with Gasteiger partial charge in [0.15, 0.2) is 14.3 Å². The van der Waals surface area contributed by atoms with Gasteiger partial charge in [-0.25, -0.2) is 0 Å². The molecule has 4 nitrogen and oxygen atoms in total. The molecule has 0 aliphatic rings. The highest BCUT2D eigenvalue weighted by atomic mass is 31.2. The normalized spacial score (nSPS) is 12.1. The van der Waals surface area contributed by atoms with E-state index < -0.39 is 14.3 Å². The van der Waals surface area contributed by atoms with E-state index in [2.05, 4.69) is 118 Å². The quantitative estimate of drug-likeness (QED) is 0.144. The SMILES string of the molecule is O=P(c1ccccc1)(c1ccccc1)c1ccc2c(c1)c1ccccc1n2-c1cccc(-n2c3ccccc3c3cc(P(=O)(c4ccccc4)c4ccccc4)ccc32)c1. The number of aromatic nitrogens is 2. The van der Waals surface area contributed by atoms with E-state index in [1.54, 1.807) is 0 Å². The van der Waals surface area contributed by atoms with Gasteiger partial charge < -0.3 is 18.3 Å². The van der Waals surface area contributed by atoms with E-state index in [0.717, 1.165) is 86.8 Å². The van der Waals surface area contributed by atoms with Crippen LogP contribution in [0.2, 0.25) is 0 Å². The summed E-state index contributed by atoms with van der Waals surface area (Å²) in [5.74, 6) is 0. The molecule has 0 atom stereocenters. The maximum Gasteiger partial charge on any atom is 0.171 e. The summed E-state index contributed by atoms with van der Waals surface area (Å²) in [5, 5.41) is 9.15. The third-order valence-electron chi connectivity index (χ3n) is 11.9. The van der Waals surface area contributed by atoms with Gasteiger partial charge in [0.25, 0.3) is 0 Å². The largest absolute Gasteiger partial charge is 0.309 e. The number of rotatable bonds is 8. The van der Waals surface area contributed by atoms with Gasteiger partial charge in [0.2, 0.25) is 0 Å². The molecule has 0 N–H and O–H groups in total. The molecular weight excluding hydrogens is 771 g/mol. The molecule has 286 valence electrons. The van der Waals surface area contributed by atoms with Crippen LogP contribution in [0.3, 0.4) is 0 Å². The number of para-hydroxylation sites is 2. The molecule has 0 amide bonds. The predicted octanol–water partition coefficient (Wildman–Crippen LogP) is 11.2. The van der Waals surface area contributed by atoms with Crippen molar-refractivity contribution in [2.75, 3.05) is 0 Å². The molecule has 9 aromatic carbocycles. The fraction of sp³-hybridized carbons (Fsp3) is 0. The molecule has 0 bridgehead atoms. The van der Waals surface area contributed by atoms with Crippen molar-refractivity contribution >= 4 is 89.7 Å². The van der Waals surface area contributed by atoms with E-state index in [-0.39, 0.29) is 0 Å². The summed E-state index contributed by atoms with van der Waals surface area (Å²) in [6.07, 6.45) is 0. The molecule has 0 aliphatic carbocycles. The molecule has 0 spiro atoms. The van der Waals surface area contributed by atoms with Crippen LogP contribution in [0.15, 0.2) is 231 Å². The van der Waals surface area contributed by atoms with Crippen LogP contribution in [0.1, 0.15) is 0 Å². The minimum Gasteiger partial charge on any atom is -0.309 e. The van der Waals surface area contributed by atoms with Gasteiger partial charge in [-0.1, -0.05) is 164 Å². The highest BCUT2D eigenvalue weighted by Gasteiger charge is 2.32. The Morgan fingerprint density at radius 2 is 0.567 bits per heavy atom. The van der Waals surface area contributed by atoms with Crippen molar-refractivity contribution < 1.29 is 9.13 Å². The summed E-state index contributed by atoms with van der Waals surface area (Å²) in [5.41, 5.74) is 6.24. The van der Waals surface area contributed by atoms with Crippen LogP contribution in [-0.4, -0.2) is 9.13 Å². The van der Waals surface area contributed by atoms with Crippen molar-refractivity contribution in [2.24, 2.45) is 0 Å². The predicted molar refractivity (Wildman–Crippen MR) is 254 cm³/mol. The first-order valence-corrected chi connectivity index (χ1v) is 23.6. The molecule has 2 aromatic heterocycles. The fourth-order valence-electron chi connectivity index (χ4n) is 9.09. The molecule has 60 heavy (non-hydrogen) atoms. The average molecular weight is 809 g/mol. The minimum absolute atomic E-state index is 0.803. The highest BCUT2D eigenvalue weighted by molar-refractivity contribution is 7.85. The Balaban J connectivity index is 1.09. The van der Waals surface area contributed by atoms with Crippen molar-refractivity contribution in [2.45, 2.75) is 0 Å². The molecule has 2 heterocycles. The molecule has 0 saturated carbocycles. The van der Waals surface area contributed by atoms with E-state index in [1.165, 1.54) is 0 Å². The Morgan fingerprint density at radius 1 is 0.250 bits per heavy atom. The number of benzene rings is 9. The number of nitrogens with zero attached hydrogens (tertiary/aromatic N) is 2. The van der Waals surface area contributed by atoms with E-state index in [0.29, 0.717) is 0 Å². The van der Waals surface area contributed by atoms with Gasteiger partial charge in [-0.3, -0.25) is 0 Å². The Labute approximate surface area is 348 Å². The Hall–Kier alpha value is -6.96. The smallest absolute Gasteiger partial charge is 0.171 e. The fourth-order valence-corrected chi connectivity index (χ4v) is 14.4. The molecule has 0 unspecified atom stereocenters. The maximum absolute atomic E-state index is 15.5. The number of fused-ring (bicyclic) bond motifs is 6. The second-order valence-corrected chi connectivity index (χ2v) is 20.7. The zero-order valence-electron chi connectivity index (χ0n) is 32.5. The maximum atomic E-state index is 15.5. The third-order valence-corrected chi connectivity index (χ3v) is 18.0. The summed E-state index contributed by atoms with van der Waals surface area (Å²) in [4.78, 5) is 0. The number of hydrogen-bond donors (Lipinski definition) is 0. The van der Waals surface area contributed by atoms with Crippen LogP contribution < -0.4 is 31.8 Å². The van der Waals surface area contributed by atoms with E-state index in [4.69, 9.17) is 0 Å². The van der Waals surface area contributed by atoms with Gasteiger partial charge in [0.1, 0.15) is 0 Å². The average Bonchev–Trinajstić information content (AvgIpc) is 3.84. The van der Waals surface area contributed by atoms with Crippen LogP contribution in [0.4, 0.5) is 0 Å². The van der Waals surface area contributed by atoms with E-state index in [1.807, 2.05) is 121 Å². The lowest BCUT2D eigenvalue weighted by atomic mass is 10.1. The second-order valence-electron chi connectivity index (χ2n) is 15.2. The van der Waals surface area contributed by atoms with Gasteiger partial charge in [-0.2, -0.15) is 0 Å². The zero-order chi connectivity index (χ0) is 40.3. The van der Waals surface area contributed by atoms with Crippen LogP contribution in [0.5, 0.6) is 0 Å². The van der Waals surface area contributed by atoms with Crippen molar-refractivity contribution in [1.29, 1.82) is 0 Å². The summed E-state index contributed by atoms with van der Waals surface area (Å²) in [6.45, 7) is 0. The third kappa shape index (κ3) is 5.60. The van der Waals surface area contributed by atoms with Gasteiger partial charge in [-0.15, -0.1) is 0 Å². The molecule has 6 heteroatoms. The van der Waals surface area contributed by atoms with Crippen molar-refractivity contribution in [1.82, 2.24) is 9.13 Å². The van der Waals surface area contributed by atoms with Crippen LogP contribution >= 0.6 is 14.3 Å². The molecule has 11 aromatic rings. The van der Waals surface area contributed by atoms with Gasteiger partial charge in [0.05, 0.1) is 22.1 Å². The van der Waals surface area contributed by atoms with Crippen molar-refractivity contribution in [3.05, 3.63) is 231 Å². The summed E-state index contributed by atoms with van der Waals surface area (Å²) in [7, 11) is -6.38. The lowest BCUT2D eigenvalue weighted by molar-refractivity contribution is 0.591. The van der Waals surface area contributed by atoms with Crippen LogP contribution in [-0.2, 0) is 9.13 Å². The van der Waals surface area contributed by atoms with E-state index >= 15 is 9.13 Å². The van der Waals surface area contributed by atoms with Gasteiger partial charge in [0, 0.05) is 64.7 Å². The lowest BCUT2D eigenvalue weighted by Crippen LogP contribution is -2.24. The molecule has 0 aliphatic heterocycles. The Kier molecular flexibility index (Phi) is 8.67. The first-order chi connectivity index (χ1) is 29.5. The zero-order valence-corrected chi connectivity index (χ0v) is 34.3. The molecule has 0 saturated heterocycles.